The average Bonchev–Trinajstić information content (AvgIpc) is 2.71. The van der Waals surface area contributed by atoms with Crippen molar-refractivity contribution in [3.8, 4) is 0 Å². The molecular formula is C13H18N4O3. The van der Waals surface area contributed by atoms with Crippen molar-refractivity contribution in [2.75, 3.05) is 6.61 Å². The maximum atomic E-state index is 12.4. The van der Waals surface area contributed by atoms with Crippen LogP contribution in [0.3, 0.4) is 0 Å². The number of aryl methyl sites for hydroxylation is 2. The van der Waals surface area contributed by atoms with Crippen LogP contribution in [0.25, 0.3) is 5.52 Å². The van der Waals surface area contributed by atoms with E-state index in [1.54, 1.807) is 13.1 Å². The van der Waals surface area contributed by atoms with Crippen LogP contribution >= 0.6 is 0 Å². The summed E-state index contributed by atoms with van der Waals surface area (Å²) in [6.07, 6.45) is 3.15. The Morgan fingerprint density at radius 3 is 2.80 bits per heavy atom. The van der Waals surface area contributed by atoms with E-state index in [0.29, 0.717) is 17.8 Å². The van der Waals surface area contributed by atoms with Gasteiger partial charge in [-0.15, -0.1) is 0 Å². The molecular weight excluding hydrogens is 260 g/mol. The van der Waals surface area contributed by atoms with Crippen molar-refractivity contribution in [2.24, 2.45) is 0 Å². The molecule has 2 heterocycles. The molecule has 108 valence electrons. The zero-order valence-corrected chi connectivity index (χ0v) is 11.9. The molecule has 2 rings (SSSR count). The van der Waals surface area contributed by atoms with Crippen molar-refractivity contribution >= 4 is 11.5 Å². The predicted molar refractivity (Wildman–Crippen MR) is 72.6 cm³/mol. The average molecular weight is 278 g/mol. The van der Waals surface area contributed by atoms with Gasteiger partial charge in [-0.2, -0.15) is 5.10 Å². The maximum Gasteiger partial charge on any atom is 0.351 e. The van der Waals surface area contributed by atoms with Gasteiger partial charge >= 0.3 is 11.7 Å². The summed E-state index contributed by atoms with van der Waals surface area (Å²) in [6.45, 7) is 5.67. The van der Waals surface area contributed by atoms with E-state index in [2.05, 4.69) is 10.1 Å². The van der Waals surface area contributed by atoms with E-state index in [1.807, 2.05) is 13.8 Å². The van der Waals surface area contributed by atoms with Crippen LogP contribution in [0.2, 0.25) is 0 Å². The van der Waals surface area contributed by atoms with Gasteiger partial charge < -0.3 is 4.74 Å². The second-order valence-electron chi connectivity index (χ2n) is 4.47. The third kappa shape index (κ3) is 2.56. The van der Waals surface area contributed by atoms with Crippen molar-refractivity contribution in [1.29, 1.82) is 0 Å². The van der Waals surface area contributed by atoms with Gasteiger partial charge in [-0.05, 0) is 20.3 Å². The normalized spacial score (nSPS) is 10.9. The number of carbonyl (C=O) groups is 1. The van der Waals surface area contributed by atoms with E-state index in [-0.39, 0.29) is 18.8 Å². The Morgan fingerprint density at radius 1 is 1.40 bits per heavy atom. The number of rotatable bonds is 5. The predicted octanol–water partition coefficient (Wildman–Crippen LogP) is 0.715. The van der Waals surface area contributed by atoms with Crippen LogP contribution in [0, 0.1) is 6.92 Å². The monoisotopic (exact) mass is 278 g/mol. The zero-order valence-electron chi connectivity index (χ0n) is 11.9. The highest BCUT2D eigenvalue weighted by atomic mass is 16.5. The smallest absolute Gasteiger partial charge is 0.351 e. The van der Waals surface area contributed by atoms with Gasteiger partial charge in [-0.1, -0.05) is 6.92 Å². The van der Waals surface area contributed by atoms with Gasteiger partial charge in [0.1, 0.15) is 12.4 Å². The lowest BCUT2D eigenvalue weighted by Crippen LogP contribution is -2.32. The summed E-state index contributed by atoms with van der Waals surface area (Å²) in [5.41, 5.74) is 1.08. The van der Waals surface area contributed by atoms with Crippen LogP contribution < -0.4 is 5.69 Å². The molecule has 0 aromatic carbocycles. The lowest BCUT2D eigenvalue weighted by molar-refractivity contribution is -0.144. The van der Waals surface area contributed by atoms with E-state index in [9.17, 15) is 9.59 Å². The number of hydrogen-bond acceptors (Lipinski definition) is 5. The Morgan fingerprint density at radius 2 is 2.15 bits per heavy atom. The number of esters is 1. The first-order chi connectivity index (χ1) is 9.58. The van der Waals surface area contributed by atoms with Crippen LogP contribution in [0.1, 0.15) is 31.8 Å². The third-order valence-electron chi connectivity index (χ3n) is 2.96. The van der Waals surface area contributed by atoms with E-state index in [4.69, 9.17) is 4.74 Å². The van der Waals surface area contributed by atoms with Crippen LogP contribution in [0.5, 0.6) is 0 Å². The number of hydrogen-bond donors (Lipinski definition) is 0. The second-order valence-corrected chi connectivity index (χ2v) is 4.47. The molecule has 0 saturated carbocycles. The Balaban J connectivity index is 2.49. The van der Waals surface area contributed by atoms with Gasteiger partial charge in [0.05, 0.1) is 24.0 Å². The maximum absolute atomic E-state index is 12.4. The van der Waals surface area contributed by atoms with Crippen LogP contribution in [0.4, 0.5) is 0 Å². The summed E-state index contributed by atoms with van der Waals surface area (Å²) in [4.78, 5) is 28.3. The highest BCUT2D eigenvalue weighted by Crippen LogP contribution is 2.09. The van der Waals surface area contributed by atoms with E-state index in [0.717, 1.165) is 16.8 Å². The summed E-state index contributed by atoms with van der Waals surface area (Å²) in [6, 6.07) is 0. The number of ether oxygens (including phenoxy) is 1. The van der Waals surface area contributed by atoms with Gasteiger partial charge in [0.25, 0.3) is 0 Å². The lowest BCUT2D eigenvalue weighted by Gasteiger charge is -2.06. The molecule has 2 aromatic rings. The molecule has 0 fully saturated rings. The fourth-order valence-corrected chi connectivity index (χ4v) is 2.08. The van der Waals surface area contributed by atoms with Crippen LogP contribution in [-0.2, 0) is 22.5 Å². The van der Waals surface area contributed by atoms with Crippen molar-refractivity contribution in [2.45, 2.75) is 40.2 Å². The molecule has 0 aliphatic carbocycles. The molecule has 0 aliphatic rings. The van der Waals surface area contributed by atoms with E-state index >= 15 is 0 Å². The first kappa shape index (κ1) is 14.2. The minimum atomic E-state index is -0.477. The first-order valence-corrected chi connectivity index (χ1v) is 6.68. The number of aromatic nitrogens is 4. The van der Waals surface area contributed by atoms with Crippen molar-refractivity contribution in [3.63, 3.8) is 0 Å². The number of nitrogens with zero attached hydrogens (tertiary/aromatic N) is 4. The first-order valence-electron chi connectivity index (χ1n) is 6.68. The summed E-state index contributed by atoms with van der Waals surface area (Å²) >= 11 is 0. The SMILES string of the molecule is CCCc1nc(C)c2cnn(CC(=O)OCC)c(=O)n12. The lowest BCUT2D eigenvalue weighted by atomic mass is 10.3. The quantitative estimate of drug-likeness (QED) is 0.753. The molecule has 0 atom stereocenters. The Bertz CT molecular complexity index is 687. The highest BCUT2D eigenvalue weighted by Gasteiger charge is 2.14. The van der Waals surface area contributed by atoms with E-state index in [1.165, 1.54) is 4.40 Å². The standard InChI is InChI=1S/C13H18N4O3/c1-4-6-11-15-9(3)10-7-14-16(13(19)17(10)11)8-12(18)20-5-2/h7H,4-6,8H2,1-3H3. The molecule has 7 nitrogen and oxygen atoms in total. The van der Waals surface area contributed by atoms with Crippen LogP contribution in [0.15, 0.2) is 11.0 Å². The fraction of sp³-hybridized carbons (Fsp3) is 0.538. The second kappa shape index (κ2) is 5.85. The molecule has 0 saturated heterocycles. The van der Waals surface area contributed by atoms with Crippen molar-refractivity contribution in [3.05, 3.63) is 28.2 Å². The van der Waals surface area contributed by atoms with Crippen molar-refractivity contribution in [1.82, 2.24) is 19.2 Å². The number of carbonyl (C=O) groups excluding carboxylic acids is 1. The molecule has 20 heavy (non-hydrogen) atoms. The van der Waals surface area contributed by atoms with E-state index < -0.39 is 5.97 Å². The highest BCUT2D eigenvalue weighted by molar-refractivity contribution is 5.69. The molecule has 0 amide bonds. The van der Waals surface area contributed by atoms with Gasteiger partial charge in [0.2, 0.25) is 0 Å². The fourth-order valence-electron chi connectivity index (χ4n) is 2.08. The van der Waals surface area contributed by atoms with Crippen LogP contribution in [-0.4, -0.2) is 31.7 Å². The topological polar surface area (TPSA) is 78.5 Å². The molecule has 0 bridgehead atoms. The number of imidazole rings is 1. The molecule has 2 aromatic heterocycles. The Hall–Kier alpha value is -2.18. The van der Waals surface area contributed by atoms with Crippen molar-refractivity contribution < 1.29 is 9.53 Å². The molecule has 0 aliphatic heterocycles. The Labute approximate surface area is 116 Å². The number of fused-ring (bicyclic) bond motifs is 1. The van der Waals surface area contributed by atoms with Gasteiger partial charge in [-0.25, -0.2) is 18.9 Å². The molecule has 7 heteroatoms. The summed E-state index contributed by atoms with van der Waals surface area (Å²) in [5, 5.41) is 4.01. The van der Waals surface area contributed by atoms with Gasteiger partial charge in [0.15, 0.2) is 0 Å². The summed E-state index contributed by atoms with van der Waals surface area (Å²) < 4.78 is 7.45. The zero-order chi connectivity index (χ0) is 14.7. The summed E-state index contributed by atoms with van der Waals surface area (Å²) in [5.74, 6) is 0.223. The molecule has 0 N–H and O–H groups in total. The molecule has 0 unspecified atom stereocenters. The van der Waals surface area contributed by atoms with Gasteiger partial charge in [0, 0.05) is 6.42 Å². The van der Waals surface area contributed by atoms with Gasteiger partial charge in [-0.3, -0.25) is 4.79 Å². The summed E-state index contributed by atoms with van der Waals surface area (Å²) in [7, 11) is 0. The minimum absolute atomic E-state index is 0.189. The molecule has 0 radical (unpaired) electrons. The largest absolute Gasteiger partial charge is 0.465 e. The third-order valence-corrected chi connectivity index (χ3v) is 2.96. The minimum Gasteiger partial charge on any atom is -0.465 e. The molecule has 0 spiro atoms. The Kier molecular flexibility index (Phi) is 4.16.